The van der Waals surface area contributed by atoms with Crippen molar-refractivity contribution in [3.8, 4) is 0 Å². The number of hydrogen-bond donors (Lipinski definition) is 0. The standard InChI is InChI=1S/C20H18Br2F6S/c1-9-5-11(3)15(21)7-13(9)17(19(23,24)25)29-18(20(26,27)28)14-8-16(22)12(4)6-10(14)2/h5-8,17-18H,1-4H3. The van der Waals surface area contributed by atoms with E-state index in [9.17, 15) is 26.3 Å². The van der Waals surface area contributed by atoms with Crippen molar-refractivity contribution in [3.05, 3.63) is 66.6 Å². The lowest BCUT2D eigenvalue weighted by atomic mass is 10.0. The first-order chi connectivity index (χ1) is 13.1. The number of aryl methyl sites for hydroxylation is 4. The summed E-state index contributed by atoms with van der Waals surface area (Å²) in [7, 11) is 0. The summed E-state index contributed by atoms with van der Waals surface area (Å²) in [6, 6.07) is 5.60. The number of hydrogen-bond acceptors (Lipinski definition) is 1. The lowest BCUT2D eigenvalue weighted by Gasteiger charge is -2.29. The molecule has 0 aliphatic rings. The third-order valence-electron chi connectivity index (χ3n) is 4.53. The van der Waals surface area contributed by atoms with Crippen molar-refractivity contribution in [2.75, 3.05) is 0 Å². The van der Waals surface area contributed by atoms with Crippen LogP contribution in [-0.2, 0) is 0 Å². The lowest BCUT2D eigenvalue weighted by molar-refractivity contribution is -0.136. The van der Waals surface area contributed by atoms with Gasteiger partial charge in [-0.3, -0.25) is 0 Å². The molecule has 0 aliphatic heterocycles. The van der Waals surface area contributed by atoms with E-state index in [1.807, 2.05) is 0 Å². The van der Waals surface area contributed by atoms with Gasteiger partial charge in [-0.25, -0.2) is 0 Å². The van der Waals surface area contributed by atoms with Gasteiger partial charge in [0.2, 0.25) is 0 Å². The van der Waals surface area contributed by atoms with Gasteiger partial charge in [0.05, 0.1) is 0 Å². The van der Waals surface area contributed by atoms with E-state index in [0.29, 0.717) is 31.2 Å². The van der Waals surface area contributed by atoms with Crippen LogP contribution in [0.25, 0.3) is 0 Å². The molecule has 0 bridgehead atoms. The van der Waals surface area contributed by atoms with E-state index in [-0.39, 0.29) is 22.9 Å². The third kappa shape index (κ3) is 5.73. The summed E-state index contributed by atoms with van der Waals surface area (Å²) in [5.41, 5.74) is 1.65. The SMILES string of the molecule is Cc1cc(C)c(C(SC(c2cc(Br)c(C)cc2C)C(F)(F)F)C(F)(F)F)cc1Br. The van der Waals surface area contributed by atoms with E-state index < -0.39 is 22.9 Å². The van der Waals surface area contributed by atoms with Gasteiger partial charge in [-0.2, -0.15) is 26.3 Å². The van der Waals surface area contributed by atoms with Crippen LogP contribution in [0.1, 0.15) is 43.9 Å². The Bertz CT molecular complexity index is 832. The Morgan fingerprint density at radius 2 is 0.931 bits per heavy atom. The van der Waals surface area contributed by atoms with Crippen LogP contribution in [0.4, 0.5) is 26.3 Å². The Kier molecular flexibility index (Phi) is 7.49. The van der Waals surface area contributed by atoms with Crippen LogP contribution >= 0.6 is 43.6 Å². The molecule has 2 aromatic carbocycles. The number of rotatable bonds is 4. The van der Waals surface area contributed by atoms with Gasteiger partial charge in [0.15, 0.2) is 0 Å². The average Bonchev–Trinajstić information content (AvgIpc) is 2.54. The zero-order chi connectivity index (χ0) is 22.3. The molecule has 0 aliphatic carbocycles. The molecule has 29 heavy (non-hydrogen) atoms. The van der Waals surface area contributed by atoms with E-state index in [2.05, 4.69) is 31.9 Å². The maximum Gasteiger partial charge on any atom is 0.404 e. The number of alkyl halides is 6. The van der Waals surface area contributed by atoms with Crippen LogP contribution in [0.15, 0.2) is 33.2 Å². The summed E-state index contributed by atoms with van der Waals surface area (Å²) in [6.07, 6.45) is -9.72. The summed E-state index contributed by atoms with van der Waals surface area (Å²) >= 11 is 6.26. The number of halogens is 8. The van der Waals surface area contributed by atoms with Crippen molar-refractivity contribution in [1.29, 1.82) is 0 Å². The minimum atomic E-state index is -4.86. The molecule has 0 N–H and O–H groups in total. The maximum atomic E-state index is 13.9. The third-order valence-corrected chi connectivity index (χ3v) is 7.82. The van der Waals surface area contributed by atoms with Gasteiger partial charge in [0, 0.05) is 8.95 Å². The first-order valence-electron chi connectivity index (χ1n) is 8.45. The van der Waals surface area contributed by atoms with Crippen molar-refractivity contribution in [1.82, 2.24) is 0 Å². The normalized spacial score (nSPS) is 14.8. The van der Waals surface area contributed by atoms with Crippen molar-refractivity contribution < 1.29 is 26.3 Å². The molecule has 2 aromatic rings. The molecule has 0 spiro atoms. The van der Waals surface area contributed by atoms with Crippen molar-refractivity contribution in [2.45, 2.75) is 50.5 Å². The summed E-state index contributed by atoms with van der Waals surface area (Å²) in [4.78, 5) is 0. The Balaban J connectivity index is 2.63. The first-order valence-corrected chi connectivity index (χ1v) is 11.0. The Hall–Kier alpha value is -0.670. The van der Waals surface area contributed by atoms with Crippen LogP contribution < -0.4 is 0 Å². The van der Waals surface area contributed by atoms with Gasteiger partial charge < -0.3 is 0 Å². The second-order valence-corrected chi connectivity index (χ2v) is 9.82. The highest BCUT2D eigenvalue weighted by Crippen LogP contribution is 2.56. The molecule has 160 valence electrons. The quantitative estimate of drug-likeness (QED) is 0.334. The van der Waals surface area contributed by atoms with Crippen molar-refractivity contribution in [3.63, 3.8) is 0 Å². The Labute approximate surface area is 186 Å². The van der Waals surface area contributed by atoms with Gasteiger partial charge in [-0.1, -0.05) is 44.0 Å². The Morgan fingerprint density at radius 3 is 1.21 bits per heavy atom. The second-order valence-electron chi connectivity index (χ2n) is 6.90. The fourth-order valence-electron chi connectivity index (χ4n) is 3.04. The molecule has 0 amide bonds. The van der Waals surface area contributed by atoms with E-state index >= 15 is 0 Å². The molecule has 0 heterocycles. The summed E-state index contributed by atoms with van der Waals surface area (Å²) in [6.45, 7) is 6.37. The smallest absolute Gasteiger partial charge is 0.169 e. The van der Waals surface area contributed by atoms with E-state index in [0.717, 1.165) is 0 Å². The largest absolute Gasteiger partial charge is 0.404 e. The van der Waals surface area contributed by atoms with E-state index in [1.165, 1.54) is 38.1 Å². The minimum absolute atomic E-state index is 0.124. The van der Waals surface area contributed by atoms with Gasteiger partial charge >= 0.3 is 12.4 Å². The number of benzene rings is 2. The highest BCUT2D eigenvalue weighted by molar-refractivity contribution is 9.10. The van der Waals surface area contributed by atoms with Gasteiger partial charge in [-0.15, -0.1) is 11.8 Å². The maximum absolute atomic E-state index is 13.9. The molecule has 2 unspecified atom stereocenters. The predicted molar refractivity (Wildman–Crippen MR) is 112 cm³/mol. The zero-order valence-electron chi connectivity index (χ0n) is 15.9. The number of thioether (sulfide) groups is 1. The van der Waals surface area contributed by atoms with Crippen molar-refractivity contribution >= 4 is 43.6 Å². The highest BCUT2D eigenvalue weighted by Gasteiger charge is 2.50. The van der Waals surface area contributed by atoms with Crippen LogP contribution in [-0.4, -0.2) is 12.4 Å². The fraction of sp³-hybridized carbons (Fsp3) is 0.400. The van der Waals surface area contributed by atoms with Crippen LogP contribution in [0.2, 0.25) is 0 Å². The Morgan fingerprint density at radius 1 is 0.621 bits per heavy atom. The van der Waals surface area contributed by atoms with Crippen LogP contribution in [0.3, 0.4) is 0 Å². The molecule has 0 radical (unpaired) electrons. The highest BCUT2D eigenvalue weighted by atomic mass is 79.9. The topological polar surface area (TPSA) is 0 Å². The van der Waals surface area contributed by atoms with Gasteiger partial charge in [0.1, 0.15) is 10.5 Å². The summed E-state index contributed by atoms with van der Waals surface area (Å²) < 4.78 is 84.3. The van der Waals surface area contributed by atoms with Gasteiger partial charge in [0.25, 0.3) is 0 Å². The van der Waals surface area contributed by atoms with Crippen LogP contribution in [0.5, 0.6) is 0 Å². The average molecular weight is 564 g/mol. The summed E-state index contributed by atoms with van der Waals surface area (Å²) in [5, 5.41) is -4.66. The van der Waals surface area contributed by atoms with Gasteiger partial charge in [-0.05, 0) is 73.2 Å². The zero-order valence-corrected chi connectivity index (χ0v) is 19.9. The molecule has 9 heteroatoms. The van der Waals surface area contributed by atoms with Crippen molar-refractivity contribution in [2.24, 2.45) is 0 Å². The molecule has 2 atom stereocenters. The molecule has 0 fully saturated rings. The molecule has 0 saturated carbocycles. The fourth-order valence-corrected chi connectivity index (χ4v) is 5.14. The molecule has 0 saturated heterocycles. The van der Waals surface area contributed by atoms with E-state index in [1.54, 1.807) is 13.8 Å². The van der Waals surface area contributed by atoms with E-state index in [4.69, 9.17) is 0 Å². The summed E-state index contributed by atoms with van der Waals surface area (Å²) in [5.74, 6) is 0. The minimum Gasteiger partial charge on any atom is -0.169 e. The van der Waals surface area contributed by atoms with Crippen LogP contribution in [0, 0.1) is 27.7 Å². The second kappa shape index (κ2) is 8.83. The molecular formula is C20H18Br2F6S. The molecule has 2 rings (SSSR count). The predicted octanol–water partition coefficient (Wildman–Crippen LogP) is 9.09. The molecule has 0 aromatic heterocycles. The molecular weight excluding hydrogens is 546 g/mol. The first kappa shape index (κ1) is 24.6. The monoisotopic (exact) mass is 562 g/mol. The lowest BCUT2D eigenvalue weighted by Crippen LogP contribution is -2.26. The molecule has 0 nitrogen and oxygen atoms in total.